The van der Waals surface area contributed by atoms with Gasteiger partial charge in [-0.25, -0.2) is 4.79 Å². The SMILES string of the molecule is CCC(C)(CNC(=O)NCC(C)(C)C(=O)NC)C(=O)O. The van der Waals surface area contributed by atoms with E-state index in [1.165, 1.54) is 7.05 Å². The first kappa shape index (κ1) is 18.2. The maximum Gasteiger partial charge on any atom is 0.314 e. The van der Waals surface area contributed by atoms with E-state index >= 15 is 0 Å². The molecule has 0 saturated carbocycles. The molecule has 0 aromatic carbocycles. The number of aliphatic carboxylic acids is 1. The summed E-state index contributed by atoms with van der Waals surface area (Å²) in [6, 6.07) is -0.483. The molecule has 0 saturated heterocycles. The maximum absolute atomic E-state index is 11.6. The van der Waals surface area contributed by atoms with Crippen molar-refractivity contribution in [2.45, 2.75) is 34.1 Å². The fourth-order valence-electron chi connectivity index (χ4n) is 1.41. The lowest BCUT2D eigenvalue weighted by atomic mass is 9.88. The Morgan fingerprint density at radius 3 is 1.95 bits per heavy atom. The minimum atomic E-state index is -0.992. The molecule has 0 rings (SSSR count). The van der Waals surface area contributed by atoms with E-state index < -0.39 is 22.8 Å². The largest absolute Gasteiger partial charge is 0.481 e. The second-order valence-electron chi connectivity index (χ2n) is 5.72. The molecule has 7 heteroatoms. The number of hydrogen-bond donors (Lipinski definition) is 4. The summed E-state index contributed by atoms with van der Waals surface area (Å²) in [7, 11) is 1.53. The molecule has 7 nitrogen and oxygen atoms in total. The predicted octanol–water partition coefficient (Wildman–Crippen LogP) is 0.559. The van der Waals surface area contributed by atoms with Gasteiger partial charge in [0.25, 0.3) is 0 Å². The molecule has 0 radical (unpaired) electrons. The molecule has 0 aliphatic carbocycles. The van der Waals surface area contributed by atoms with Crippen LogP contribution in [0.2, 0.25) is 0 Å². The molecule has 4 N–H and O–H groups in total. The van der Waals surface area contributed by atoms with Gasteiger partial charge in [0.1, 0.15) is 0 Å². The Labute approximate surface area is 119 Å². The van der Waals surface area contributed by atoms with E-state index in [0.29, 0.717) is 6.42 Å². The molecule has 0 aliphatic rings. The average molecular weight is 287 g/mol. The number of carbonyl (C=O) groups excluding carboxylic acids is 2. The van der Waals surface area contributed by atoms with Crippen molar-refractivity contribution in [1.29, 1.82) is 0 Å². The maximum atomic E-state index is 11.6. The summed E-state index contributed by atoms with van der Waals surface area (Å²) in [6.45, 7) is 6.94. The molecule has 116 valence electrons. The zero-order valence-corrected chi connectivity index (χ0v) is 12.8. The highest BCUT2D eigenvalue weighted by Gasteiger charge is 2.32. The van der Waals surface area contributed by atoms with Crippen LogP contribution in [0.4, 0.5) is 4.79 Å². The summed E-state index contributed by atoms with van der Waals surface area (Å²) in [5.41, 5.74) is -1.72. The number of carboxylic acids is 1. The lowest BCUT2D eigenvalue weighted by Gasteiger charge is -2.25. The van der Waals surface area contributed by atoms with Gasteiger partial charge in [0.05, 0.1) is 10.8 Å². The zero-order valence-electron chi connectivity index (χ0n) is 12.8. The smallest absolute Gasteiger partial charge is 0.314 e. The summed E-state index contributed by atoms with van der Waals surface area (Å²) < 4.78 is 0. The second kappa shape index (κ2) is 7.12. The Morgan fingerprint density at radius 1 is 1.05 bits per heavy atom. The molecule has 0 spiro atoms. The second-order valence-corrected chi connectivity index (χ2v) is 5.72. The van der Waals surface area contributed by atoms with Crippen LogP contribution in [-0.2, 0) is 9.59 Å². The van der Waals surface area contributed by atoms with E-state index in [9.17, 15) is 14.4 Å². The number of carbonyl (C=O) groups is 3. The molecular weight excluding hydrogens is 262 g/mol. The number of nitrogens with one attached hydrogen (secondary N) is 3. The van der Waals surface area contributed by atoms with Gasteiger partial charge in [0.2, 0.25) is 5.91 Å². The number of carboxylic acid groups (broad SMARTS) is 1. The van der Waals surface area contributed by atoms with Crippen LogP contribution < -0.4 is 16.0 Å². The normalized spacial score (nSPS) is 14.1. The highest BCUT2D eigenvalue weighted by Crippen LogP contribution is 2.19. The third kappa shape index (κ3) is 5.07. The highest BCUT2D eigenvalue weighted by molar-refractivity contribution is 5.83. The first-order valence-electron chi connectivity index (χ1n) is 6.56. The van der Waals surface area contributed by atoms with Crippen LogP contribution >= 0.6 is 0 Å². The van der Waals surface area contributed by atoms with Crippen molar-refractivity contribution in [2.24, 2.45) is 10.8 Å². The predicted molar refractivity (Wildman–Crippen MR) is 75.3 cm³/mol. The zero-order chi connectivity index (χ0) is 16.0. The van der Waals surface area contributed by atoms with Crippen LogP contribution in [0.1, 0.15) is 34.1 Å². The Morgan fingerprint density at radius 2 is 1.55 bits per heavy atom. The Kier molecular flexibility index (Phi) is 6.48. The standard InChI is InChI=1S/C13H25N3O4/c1-6-13(4,10(18)19)8-16-11(20)15-7-12(2,3)9(17)14-5/h6-8H2,1-5H3,(H,14,17)(H,18,19)(H2,15,16,20). The van der Waals surface area contributed by atoms with Crippen molar-refractivity contribution >= 4 is 17.9 Å². The monoisotopic (exact) mass is 287 g/mol. The number of rotatable bonds is 7. The van der Waals surface area contributed by atoms with Gasteiger partial charge in [-0.1, -0.05) is 6.92 Å². The van der Waals surface area contributed by atoms with Crippen molar-refractivity contribution in [3.05, 3.63) is 0 Å². The van der Waals surface area contributed by atoms with Crippen molar-refractivity contribution in [1.82, 2.24) is 16.0 Å². The quantitative estimate of drug-likeness (QED) is 0.548. The fraction of sp³-hybridized carbons (Fsp3) is 0.769. The topological polar surface area (TPSA) is 108 Å². The van der Waals surface area contributed by atoms with E-state index in [1.54, 1.807) is 27.7 Å². The third-order valence-corrected chi connectivity index (χ3v) is 3.47. The molecule has 0 aliphatic heterocycles. The molecule has 1 atom stereocenters. The van der Waals surface area contributed by atoms with Crippen LogP contribution in [0.5, 0.6) is 0 Å². The van der Waals surface area contributed by atoms with E-state index in [-0.39, 0.29) is 19.0 Å². The first-order chi connectivity index (χ1) is 9.09. The minimum absolute atomic E-state index is 0.0328. The lowest BCUT2D eigenvalue weighted by molar-refractivity contribution is -0.147. The van der Waals surface area contributed by atoms with E-state index in [0.717, 1.165) is 0 Å². The Hall–Kier alpha value is -1.79. The third-order valence-electron chi connectivity index (χ3n) is 3.47. The number of amides is 3. The Bertz CT molecular complexity index is 382. The van der Waals surface area contributed by atoms with Crippen molar-refractivity contribution in [3.8, 4) is 0 Å². The molecular formula is C13H25N3O4. The highest BCUT2D eigenvalue weighted by atomic mass is 16.4. The van der Waals surface area contributed by atoms with Gasteiger partial charge >= 0.3 is 12.0 Å². The van der Waals surface area contributed by atoms with E-state index in [2.05, 4.69) is 16.0 Å². The van der Waals surface area contributed by atoms with Gasteiger partial charge in [-0.2, -0.15) is 0 Å². The minimum Gasteiger partial charge on any atom is -0.481 e. The van der Waals surface area contributed by atoms with Gasteiger partial charge in [-0.05, 0) is 27.2 Å². The molecule has 20 heavy (non-hydrogen) atoms. The number of hydrogen-bond acceptors (Lipinski definition) is 3. The molecule has 0 aromatic heterocycles. The summed E-state index contributed by atoms with van der Waals surface area (Å²) in [5, 5.41) is 16.7. The van der Waals surface area contributed by atoms with Gasteiger partial charge in [0.15, 0.2) is 0 Å². The van der Waals surface area contributed by atoms with Gasteiger partial charge in [0, 0.05) is 20.1 Å². The van der Waals surface area contributed by atoms with E-state index in [4.69, 9.17) is 5.11 Å². The first-order valence-corrected chi connectivity index (χ1v) is 6.56. The van der Waals surface area contributed by atoms with Crippen molar-refractivity contribution in [2.75, 3.05) is 20.1 Å². The molecule has 1 unspecified atom stereocenters. The van der Waals surface area contributed by atoms with Crippen molar-refractivity contribution < 1.29 is 19.5 Å². The summed E-state index contributed by atoms with van der Waals surface area (Å²) in [4.78, 5) is 34.3. The van der Waals surface area contributed by atoms with Gasteiger partial charge < -0.3 is 21.1 Å². The van der Waals surface area contributed by atoms with Crippen LogP contribution in [-0.4, -0.2) is 43.2 Å². The van der Waals surface area contributed by atoms with Crippen LogP contribution in [0.25, 0.3) is 0 Å². The average Bonchev–Trinajstić information content (AvgIpc) is 2.41. The van der Waals surface area contributed by atoms with Crippen LogP contribution in [0.15, 0.2) is 0 Å². The fourth-order valence-corrected chi connectivity index (χ4v) is 1.41. The van der Waals surface area contributed by atoms with Crippen LogP contribution in [0, 0.1) is 10.8 Å². The Balaban J connectivity index is 4.33. The summed E-state index contributed by atoms with van der Waals surface area (Å²) in [6.07, 6.45) is 0.409. The molecule has 0 aromatic rings. The molecule has 0 bridgehead atoms. The van der Waals surface area contributed by atoms with Gasteiger partial charge in [-0.3, -0.25) is 9.59 Å². The molecule has 0 heterocycles. The van der Waals surface area contributed by atoms with Gasteiger partial charge in [-0.15, -0.1) is 0 Å². The molecule has 0 fully saturated rings. The lowest BCUT2D eigenvalue weighted by Crippen LogP contribution is -2.49. The summed E-state index contributed by atoms with van der Waals surface area (Å²) in [5.74, 6) is -1.13. The van der Waals surface area contributed by atoms with Crippen LogP contribution in [0.3, 0.4) is 0 Å². The molecule has 3 amide bonds. The van der Waals surface area contributed by atoms with E-state index in [1.807, 2.05) is 0 Å². The summed E-state index contributed by atoms with van der Waals surface area (Å²) >= 11 is 0. The number of urea groups is 1. The van der Waals surface area contributed by atoms with Crippen molar-refractivity contribution in [3.63, 3.8) is 0 Å².